The molecule has 23 heavy (non-hydrogen) atoms. The van der Waals surface area contributed by atoms with E-state index in [0.717, 1.165) is 15.4 Å². The number of hydrogen-bond acceptors (Lipinski definition) is 3. The van der Waals surface area contributed by atoms with Crippen LogP contribution in [-0.4, -0.2) is 20.2 Å². The van der Waals surface area contributed by atoms with Gasteiger partial charge in [0, 0.05) is 5.02 Å². The summed E-state index contributed by atoms with van der Waals surface area (Å²) in [5.74, 6) is 0. The Labute approximate surface area is 145 Å². The van der Waals surface area contributed by atoms with Crippen molar-refractivity contribution in [2.45, 2.75) is 18.7 Å². The van der Waals surface area contributed by atoms with E-state index in [1.165, 1.54) is 24.3 Å². The average Bonchev–Trinajstić information content (AvgIpc) is 2.45. The molecule has 0 saturated carbocycles. The summed E-state index contributed by atoms with van der Waals surface area (Å²) in [5.41, 5.74) is 2.15. The number of halogens is 2. The molecule has 7 heteroatoms. The maximum atomic E-state index is 12.9. The second kappa shape index (κ2) is 6.91. The van der Waals surface area contributed by atoms with Crippen molar-refractivity contribution < 1.29 is 13.2 Å². The number of nitrogens with zero attached hydrogens (tertiary/aromatic N) is 1. The van der Waals surface area contributed by atoms with Gasteiger partial charge in [0.2, 0.25) is 5.24 Å². The number of carbonyl (C=O) groups is 1. The Morgan fingerprint density at radius 2 is 1.70 bits per heavy atom. The minimum absolute atomic E-state index is 0.0415. The van der Waals surface area contributed by atoms with Gasteiger partial charge < -0.3 is 0 Å². The SMILES string of the molecule is Cc1ccc(N(CC(=O)Cl)S(=O)(=O)c2ccc(Cl)cc2)c(C)c1. The smallest absolute Gasteiger partial charge is 0.264 e. The molecule has 0 fully saturated rings. The van der Waals surface area contributed by atoms with Gasteiger partial charge in [-0.1, -0.05) is 29.3 Å². The highest BCUT2D eigenvalue weighted by Crippen LogP contribution is 2.28. The summed E-state index contributed by atoms with van der Waals surface area (Å²) in [6, 6.07) is 11.1. The fourth-order valence-electron chi connectivity index (χ4n) is 2.23. The van der Waals surface area contributed by atoms with Crippen molar-refractivity contribution in [1.29, 1.82) is 0 Å². The zero-order valence-electron chi connectivity index (χ0n) is 12.6. The maximum Gasteiger partial charge on any atom is 0.264 e. The second-order valence-corrected chi connectivity index (χ2v) is 7.83. The molecule has 0 N–H and O–H groups in total. The molecule has 0 bridgehead atoms. The summed E-state index contributed by atoms with van der Waals surface area (Å²) in [6.07, 6.45) is 0. The van der Waals surface area contributed by atoms with E-state index >= 15 is 0 Å². The summed E-state index contributed by atoms with van der Waals surface area (Å²) in [4.78, 5) is 11.4. The summed E-state index contributed by atoms with van der Waals surface area (Å²) in [5, 5.41) is -0.335. The van der Waals surface area contributed by atoms with E-state index in [9.17, 15) is 13.2 Å². The Kier molecular flexibility index (Phi) is 5.34. The molecule has 4 nitrogen and oxygen atoms in total. The van der Waals surface area contributed by atoms with Crippen LogP contribution in [0.3, 0.4) is 0 Å². The van der Waals surface area contributed by atoms with Gasteiger partial charge >= 0.3 is 0 Å². The van der Waals surface area contributed by atoms with E-state index in [0.29, 0.717) is 10.7 Å². The summed E-state index contributed by atoms with van der Waals surface area (Å²) >= 11 is 11.3. The van der Waals surface area contributed by atoms with Crippen molar-refractivity contribution in [2.75, 3.05) is 10.8 Å². The van der Waals surface area contributed by atoms with E-state index in [2.05, 4.69) is 0 Å². The van der Waals surface area contributed by atoms with Gasteiger partial charge in [0.15, 0.2) is 0 Å². The summed E-state index contributed by atoms with van der Waals surface area (Å²) < 4.78 is 26.8. The number of aryl methyl sites for hydroxylation is 2. The fourth-order valence-corrected chi connectivity index (χ4v) is 4.03. The number of carbonyl (C=O) groups excluding carboxylic acids is 1. The minimum Gasteiger partial charge on any atom is -0.279 e. The van der Waals surface area contributed by atoms with Crippen LogP contribution in [0.15, 0.2) is 47.4 Å². The van der Waals surface area contributed by atoms with Crippen molar-refractivity contribution in [3.63, 3.8) is 0 Å². The van der Waals surface area contributed by atoms with Crippen LogP contribution in [0, 0.1) is 13.8 Å². The Morgan fingerprint density at radius 1 is 1.09 bits per heavy atom. The first-order chi connectivity index (χ1) is 10.7. The standard InChI is InChI=1S/C16H15Cl2NO3S/c1-11-3-8-15(12(2)9-11)19(10-16(18)20)23(21,22)14-6-4-13(17)5-7-14/h3-9H,10H2,1-2H3. The van der Waals surface area contributed by atoms with Crippen LogP contribution in [0.25, 0.3) is 0 Å². The van der Waals surface area contributed by atoms with Gasteiger partial charge in [0.1, 0.15) is 6.54 Å². The van der Waals surface area contributed by atoms with Crippen LogP contribution in [0.4, 0.5) is 5.69 Å². The van der Waals surface area contributed by atoms with Gasteiger partial charge in [0.05, 0.1) is 10.6 Å². The molecule has 2 aromatic rings. The molecule has 0 aliphatic heterocycles. The fraction of sp³-hybridized carbons (Fsp3) is 0.188. The summed E-state index contributed by atoms with van der Waals surface area (Å²) in [7, 11) is -3.93. The second-order valence-electron chi connectivity index (χ2n) is 5.11. The molecule has 0 saturated heterocycles. The molecule has 0 atom stereocenters. The van der Waals surface area contributed by atoms with Crippen molar-refractivity contribution in [2.24, 2.45) is 0 Å². The highest BCUT2D eigenvalue weighted by molar-refractivity contribution is 7.92. The predicted molar refractivity (Wildman–Crippen MR) is 92.8 cm³/mol. The number of rotatable bonds is 5. The lowest BCUT2D eigenvalue weighted by molar-refractivity contribution is -0.110. The van der Waals surface area contributed by atoms with Crippen molar-refractivity contribution in [3.8, 4) is 0 Å². The predicted octanol–water partition coefficient (Wildman–Crippen LogP) is 3.92. The van der Waals surface area contributed by atoms with Gasteiger partial charge in [-0.25, -0.2) is 8.42 Å². The zero-order chi connectivity index (χ0) is 17.2. The van der Waals surface area contributed by atoms with Crippen LogP contribution < -0.4 is 4.31 Å². The Morgan fingerprint density at radius 3 is 2.22 bits per heavy atom. The lowest BCUT2D eigenvalue weighted by Crippen LogP contribution is -2.35. The molecule has 2 rings (SSSR count). The number of benzene rings is 2. The lowest BCUT2D eigenvalue weighted by atomic mass is 10.1. The van der Waals surface area contributed by atoms with Crippen LogP contribution >= 0.6 is 23.2 Å². The highest BCUT2D eigenvalue weighted by Gasteiger charge is 2.27. The van der Waals surface area contributed by atoms with Gasteiger partial charge in [-0.05, 0) is 61.3 Å². The molecule has 0 aliphatic carbocycles. The van der Waals surface area contributed by atoms with E-state index in [1.807, 2.05) is 13.0 Å². The van der Waals surface area contributed by atoms with E-state index in [4.69, 9.17) is 23.2 Å². The summed E-state index contributed by atoms with van der Waals surface area (Å²) in [6.45, 7) is 3.24. The topological polar surface area (TPSA) is 54.5 Å². The molecular formula is C16H15Cl2NO3S. The molecule has 0 aliphatic rings. The minimum atomic E-state index is -3.93. The van der Waals surface area contributed by atoms with Crippen LogP contribution in [0.5, 0.6) is 0 Å². The van der Waals surface area contributed by atoms with Gasteiger partial charge in [-0.15, -0.1) is 0 Å². The average molecular weight is 372 g/mol. The van der Waals surface area contributed by atoms with Gasteiger partial charge in [-0.2, -0.15) is 0 Å². The maximum absolute atomic E-state index is 12.9. The molecule has 2 aromatic carbocycles. The quantitative estimate of drug-likeness (QED) is 0.748. The van der Waals surface area contributed by atoms with E-state index in [-0.39, 0.29) is 4.90 Å². The van der Waals surface area contributed by atoms with Crippen molar-refractivity contribution >= 4 is 44.2 Å². The van der Waals surface area contributed by atoms with Crippen molar-refractivity contribution in [1.82, 2.24) is 0 Å². The Hall–Kier alpha value is -1.56. The van der Waals surface area contributed by atoms with Gasteiger partial charge in [-0.3, -0.25) is 9.10 Å². The molecule has 0 heterocycles. The third-order valence-corrected chi connectivity index (χ3v) is 5.44. The first kappa shape index (κ1) is 17.8. The van der Waals surface area contributed by atoms with Crippen LogP contribution in [0.2, 0.25) is 5.02 Å². The molecular weight excluding hydrogens is 357 g/mol. The van der Waals surface area contributed by atoms with E-state index in [1.54, 1.807) is 19.1 Å². The third-order valence-electron chi connectivity index (χ3n) is 3.29. The number of sulfonamides is 1. The Bertz CT molecular complexity index is 833. The van der Waals surface area contributed by atoms with Crippen LogP contribution in [0.1, 0.15) is 11.1 Å². The monoisotopic (exact) mass is 371 g/mol. The van der Waals surface area contributed by atoms with E-state index < -0.39 is 21.8 Å². The number of anilines is 1. The largest absolute Gasteiger partial charge is 0.279 e. The highest BCUT2D eigenvalue weighted by atomic mass is 35.5. The molecule has 0 amide bonds. The Balaban J connectivity index is 2.57. The molecule has 122 valence electrons. The molecule has 0 radical (unpaired) electrons. The van der Waals surface area contributed by atoms with Crippen molar-refractivity contribution in [3.05, 3.63) is 58.6 Å². The molecule has 0 aromatic heterocycles. The zero-order valence-corrected chi connectivity index (χ0v) is 14.9. The van der Waals surface area contributed by atoms with Gasteiger partial charge in [0.25, 0.3) is 10.0 Å². The normalized spacial score (nSPS) is 11.3. The molecule has 0 spiro atoms. The lowest BCUT2D eigenvalue weighted by Gasteiger charge is -2.25. The first-order valence-corrected chi connectivity index (χ1v) is 8.95. The third kappa shape index (κ3) is 4.05. The van der Waals surface area contributed by atoms with Crippen LogP contribution in [-0.2, 0) is 14.8 Å². The molecule has 0 unspecified atom stereocenters. The first-order valence-electron chi connectivity index (χ1n) is 6.75. The number of hydrogen-bond donors (Lipinski definition) is 0.